The number of amides is 1. The Labute approximate surface area is 168 Å². The van der Waals surface area contributed by atoms with Crippen molar-refractivity contribution in [3.63, 3.8) is 0 Å². The third-order valence-corrected chi connectivity index (χ3v) is 4.54. The molecule has 0 radical (unpaired) electrons. The van der Waals surface area contributed by atoms with Gasteiger partial charge >= 0.3 is 5.97 Å². The highest BCUT2D eigenvalue weighted by Gasteiger charge is 2.27. The third kappa shape index (κ3) is 3.62. The number of aliphatic carboxylic acids is 1. The van der Waals surface area contributed by atoms with Crippen molar-refractivity contribution in [2.45, 2.75) is 12.5 Å². The van der Waals surface area contributed by atoms with E-state index in [-0.39, 0.29) is 18.2 Å². The molecule has 0 bridgehead atoms. The zero-order valence-electron chi connectivity index (χ0n) is 15.4. The van der Waals surface area contributed by atoms with E-state index in [1.54, 1.807) is 24.3 Å². The van der Waals surface area contributed by atoms with Gasteiger partial charge in [-0.3, -0.25) is 19.5 Å². The highest BCUT2D eigenvalue weighted by Crippen LogP contribution is 2.39. The first-order chi connectivity index (χ1) is 14.4. The molecule has 0 saturated heterocycles. The monoisotopic (exact) mass is 413 g/mol. The lowest BCUT2D eigenvalue weighted by atomic mass is 10.0. The van der Waals surface area contributed by atoms with E-state index in [9.17, 15) is 23.9 Å². The molecular formula is C20H16FN3O6. The first kappa shape index (κ1) is 19.2. The predicted octanol–water partition coefficient (Wildman–Crippen LogP) is 1.98. The van der Waals surface area contributed by atoms with Gasteiger partial charge in [0.15, 0.2) is 11.5 Å². The number of benzene rings is 2. The van der Waals surface area contributed by atoms with E-state index in [1.165, 1.54) is 18.2 Å². The molecule has 1 aliphatic rings. The minimum Gasteiger partial charge on any atom is -0.481 e. The molecule has 0 saturated carbocycles. The van der Waals surface area contributed by atoms with Crippen LogP contribution < -0.4 is 20.3 Å². The first-order valence-corrected chi connectivity index (χ1v) is 8.92. The summed E-state index contributed by atoms with van der Waals surface area (Å²) in [5.41, 5.74) is -0.410. The summed E-state index contributed by atoms with van der Waals surface area (Å²) in [7, 11) is 0. The van der Waals surface area contributed by atoms with E-state index >= 15 is 0 Å². The Balaban J connectivity index is 1.64. The molecule has 3 N–H and O–H groups in total. The Hall–Kier alpha value is -4.08. The number of nitrogens with one attached hydrogen (secondary N) is 2. The van der Waals surface area contributed by atoms with Crippen LogP contribution in [0.5, 0.6) is 11.5 Å². The largest absolute Gasteiger partial charge is 0.481 e. The van der Waals surface area contributed by atoms with Gasteiger partial charge in [-0.25, -0.2) is 9.07 Å². The molecule has 0 aliphatic carbocycles. The summed E-state index contributed by atoms with van der Waals surface area (Å²) in [6.07, 6.45) is -0.427. The van der Waals surface area contributed by atoms with Crippen LogP contribution in [0.15, 0.2) is 53.3 Å². The molecule has 154 valence electrons. The standard InChI is InChI=1S/C20H16FN3O6/c21-12-5-1-2-6-15(12)24-17(25)8-14(23-24)20(28)22-13(9-18(26)27)11-4-3-7-16-19(11)30-10-29-16/h1-8,13,23H,9-10H2,(H,22,28)(H,26,27). The highest BCUT2D eigenvalue weighted by atomic mass is 19.1. The summed E-state index contributed by atoms with van der Waals surface area (Å²) in [6, 6.07) is 10.6. The molecule has 3 aromatic rings. The number of aromatic nitrogens is 2. The fraction of sp³-hybridized carbons (Fsp3) is 0.150. The average molecular weight is 413 g/mol. The summed E-state index contributed by atoms with van der Waals surface area (Å²) in [4.78, 5) is 36.3. The lowest BCUT2D eigenvalue weighted by Gasteiger charge is -2.18. The maximum Gasteiger partial charge on any atom is 0.305 e. The van der Waals surface area contributed by atoms with Gasteiger partial charge in [-0.05, 0) is 18.2 Å². The second-order valence-corrected chi connectivity index (χ2v) is 6.50. The predicted molar refractivity (Wildman–Crippen MR) is 101 cm³/mol. The summed E-state index contributed by atoms with van der Waals surface area (Å²) in [5, 5.41) is 14.4. The molecule has 1 unspecified atom stereocenters. The molecule has 1 amide bonds. The number of carbonyl (C=O) groups excluding carboxylic acids is 1. The second kappa shape index (κ2) is 7.74. The van der Waals surface area contributed by atoms with Crippen molar-refractivity contribution in [3.05, 3.63) is 76.0 Å². The summed E-state index contributed by atoms with van der Waals surface area (Å²) in [5.74, 6) is -1.73. The second-order valence-electron chi connectivity index (χ2n) is 6.50. The fourth-order valence-electron chi connectivity index (χ4n) is 3.20. The van der Waals surface area contributed by atoms with Gasteiger partial charge in [-0.15, -0.1) is 0 Å². The molecule has 2 heterocycles. The van der Waals surface area contributed by atoms with Crippen molar-refractivity contribution in [1.82, 2.24) is 15.1 Å². The van der Waals surface area contributed by atoms with Gasteiger partial charge in [0.2, 0.25) is 6.79 Å². The van der Waals surface area contributed by atoms with Crippen molar-refractivity contribution < 1.29 is 28.6 Å². The first-order valence-electron chi connectivity index (χ1n) is 8.92. The number of ether oxygens (including phenoxy) is 2. The van der Waals surface area contributed by atoms with E-state index in [2.05, 4.69) is 10.4 Å². The Morgan fingerprint density at radius 1 is 1.20 bits per heavy atom. The van der Waals surface area contributed by atoms with Gasteiger partial charge in [0.25, 0.3) is 11.5 Å². The molecule has 10 heteroatoms. The SMILES string of the molecule is O=C(O)CC(NC(=O)c1cc(=O)n(-c2ccccc2F)[nH]1)c1cccc2c1OCO2. The number of hydrogen-bond acceptors (Lipinski definition) is 5. The number of nitrogens with zero attached hydrogens (tertiary/aromatic N) is 1. The van der Waals surface area contributed by atoms with E-state index in [0.717, 1.165) is 10.7 Å². The van der Waals surface area contributed by atoms with E-state index < -0.39 is 35.7 Å². The maximum absolute atomic E-state index is 14.0. The molecular weight excluding hydrogens is 397 g/mol. The van der Waals surface area contributed by atoms with Gasteiger partial charge in [0.05, 0.1) is 12.5 Å². The number of rotatable bonds is 6. The molecule has 1 atom stereocenters. The van der Waals surface area contributed by atoms with E-state index in [0.29, 0.717) is 17.1 Å². The third-order valence-electron chi connectivity index (χ3n) is 4.54. The van der Waals surface area contributed by atoms with Crippen LogP contribution in [-0.4, -0.2) is 33.6 Å². The number of carbonyl (C=O) groups is 2. The molecule has 4 rings (SSSR count). The lowest BCUT2D eigenvalue weighted by Crippen LogP contribution is -2.30. The van der Waals surface area contributed by atoms with Crippen LogP contribution >= 0.6 is 0 Å². The molecule has 1 aliphatic heterocycles. The van der Waals surface area contributed by atoms with Gasteiger partial charge in [-0.2, -0.15) is 0 Å². The number of halogens is 1. The van der Waals surface area contributed by atoms with Gasteiger partial charge in [-0.1, -0.05) is 24.3 Å². The van der Waals surface area contributed by atoms with E-state index in [1.807, 2.05) is 0 Å². The van der Waals surface area contributed by atoms with Crippen LogP contribution in [0, 0.1) is 5.82 Å². The van der Waals surface area contributed by atoms with Crippen molar-refractivity contribution in [2.75, 3.05) is 6.79 Å². The zero-order valence-corrected chi connectivity index (χ0v) is 15.4. The minimum atomic E-state index is -1.14. The highest BCUT2D eigenvalue weighted by molar-refractivity contribution is 5.92. The average Bonchev–Trinajstić information content (AvgIpc) is 3.34. The number of aromatic amines is 1. The zero-order chi connectivity index (χ0) is 21.3. The number of hydrogen-bond donors (Lipinski definition) is 3. The molecule has 0 fully saturated rings. The number of fused-ring (bicyclic) bond motifs is 1. The topological polar surface area (TPSA) is 123 Å². The maximum atomic E-state index is 14.0. The van der Waals surface area contributed by atoms with Gasteiger partial charge in [0, 0.05) is 11.6 Å². The summed E-state index contributed by atoms with van der Waals surface area (Å²) < 4.78 is 25.6. The van der Waals surface area contributed by atoms with Crippen LogP contribution in [0.4, 0.5) is 4.39 Å². The van der Waals surface area contributed by atoms with Crippen LogP contribution in [-0.2, 0) is 4.79 Å². The van der Waals surface area contributed by atoms with Gasteiger partial charge < -0.3 is 19.9 Å². The van der Waals surface area contributed by atoms with Crippen molar-refractivity contribution in [3.8, 4) is 17.2 Å². The molecule has 2 aromatic carbocycles. The lowest BCUT2D eigenvalue weighted by molar-refractivity contribution is -0.137. The van der Waals surface area contributed by atoms with Crippen molar-refractivity contribution >= 4 is 11.9 Å². The number of carboxylic acids is 1. The quantitative estimate of drug-likeness (QED) is 0.568. The van der Waals surface area contributed by atoms with Crippen molar-refractivity contribution in [2.24, 2.45) is 0 Å². The van der Waals surface area contributed by atoms with Crippen LogP contribution in [0.2, 0.25) is 0 Å². The fourth-order valence-corrected chi connectivity index (χ4v) is 3.20. The molecule has 0 spiro atoms. The molecule has 1 aromatic heterocycles. The molecule has 30 heavy (non-hydrogen) atoms. The van der Waals surface area contributed by atoms with Gasteiger partial charge in [0.1, 0.15) is 17.2 Å². The Bertz CT molecular complexity index is 1190. The Morgan fingerprint density at radius 3 is 2.77 bits per heavy atom. The van der Waals surface area contributed by atoms with Crippen LogP contribution in [0.1, 0.15) is 28.5 Å². The molecule has 9 nitrogen and oxygen atoms in total. The van der Waals surface area contributed by atoms with Crippen molar-refractivity contribution in [1.29, 1.82) is 0 Å². The van der Waals surface area contributed by atoms with Crippen LogP contribution in [0.25, 0.3) is 5.69 Å². The number of H-pyrrole nitrogens is 1. The minimum absolute atomic E-state index is 0.0150. The number of carboxylic acid groups (broad SMARTS) is 1. The summed E-state index contributed by atoms with van der Waals surface area (Å²) in [6.45, 7) is -0.0150. The Kier molecular flexibility index (Phi) is 4.97. The summed E-state index contributed by atoms with van der Waals surface area (Å²) >= 11 is 0. The Morgan fingerprint density at radius 2 is 2.00 bits per heavy atom. The van der Waals surface area contributed by atoms with E-state index in [4.69, 9.17) is 9.47 Å². The smallest absolute Gasteiger partial charge is 0.305 e. The number of para-hydroxylation sites is 2. The van der Waals surface area contributed by atoms with Crippen LogP contribution in [0.3, 0.4) is 0 Å². The normalized spacial score (nSPS) is 13.1.